The molecule has 7 nitrogen and oxygen atoms in total. The number of anilines is 1. The first-order valence-corrected chi connectivity index (χ1v) is 7.94. The molecule has 0 spiro atoms. The number of ether oxygens (including phenoxy) is 1. The van der Waals surface area contributed by atoms with Crippen LogP contribution in [0.3, 0.4) is 0 Å². The molecule has 1 aromatic carbocycles. The summed E-state index contributed by atoms with van der Waals surface area (Å²) in [7, 11) is 1.53. The van der Waals surface area contributed by atoms with Gasteiger partial charge in [0.15, 0.2) is 0 Å². The molecule has 3 aromatic heterocycles. The number of aromatic nitrogens is 4. The third-order valence-corrected chi connectivity index (χ3v) is 3.88. The first-order valence-electron chi connectivity index (χ1n) is 7.94. The van der Waals surface area contributed by atoms with Crippen molar-refractivity contribution in [2.24, 2.45) is 0 Å². The van der Waals surface area contributed by atoms with Gasteiger partial charge in [-0.15, -0.1) is 0 Å². The third kappa shape index (κ3) is 3.10. The van der Waals surface area contributed by atoms with Crippen molar-refractivity contribution >= 4 is 17.4 Å². The molecule has 3 heterocycles. The van der Waals surface area contributed by atoms with Crippen LogP contribution < -0.4 is 10.1 Å². The van der Waals surface area contributed by atoms with E-state index in [9.17, 15) is 4.79 Å². The number of hydrogen-bond acceptors (Lipinski definition) is 5. The molecule has 0 bridgehead atoms. The zero-order valence-corrected chi connectivity index (χ0v) is 14.0. The maximum Gasteiger partial charge on any atom is 0.257 e. The van der Waals surface area contributed by atoms with Crippen LogP contribution >= 0.6 is 0 Å². The van der Waals surface area contributed by atoms with E-state index in [1.165, 1.54) is 13.3 Å². The third-order valence-electron chi connectivity index (χ3n) is 3.88. The summed E-state index contributed by atoms with van der Waals surface area (Å²) in [5.74, 6) is 0.879. The van der Waals surface area contributed by atoms with Crippen molar-refractivity contribution in [3.05, 3.63) is 72.8 Å². The molecule has 0 unspecified atom stereocenters. The van der Waals surface area contributed by atoms with Gasteiger partial charge in [-0.2, -0.15) is 0 Å². The van der Waals surface area contributed by atoms with Gasteiger partial charge in [-0.25, -0.2) is 15.0 Å². The summed E-state index contributed by atoms with van der Waals surface area (Å²) in [5.41, 5.74) is 2.92. The molecule has 0 fully saturated rings. The minimum atomic E-state index is -0.232. The van der Waals surface area contributed by atoms with E-state index >= 15 is 0 Å². The number of fused-ring (bicyclic) bond motifs is 1. The Morgan fingerprint density at radius 1 is 1.12 bits per heavy atom. The van der Waals surface area contributed by atoms with E-state index in [-0.39, 0.29) is 5.91 Å². The maximum atomic E-state index is 12.3. The molecular weight excluding hydrogens is 330 g/mol. The van der Waals surface area contributed by atoms with Gasteiger partial charge in [-0.05, 0) is 24.3 Å². The van der Waals surface area contributed by atoms with Crippen molar-refractivity contribution in [3.8, 4) is 17.1 Å². The Hall–Kier alpha value is -3.74. The normalized spacial score (nSPS) is 10.7. The monoisotopic (exact) mass is 345 g/mol. The zero-order valence-electron chi connectivity index (χ0n) is 14.0. The second-order valence-corrected chi connectivity index (χ2v) is 5.57. The molecule has 1 amide bonds. The predicted octanol–water partition coefficient (Wildman–Crippen LogP) is 3.05. The highest BCUT2D eigenvalue weighted by molar-refractivity contribution is 6.04. The number of rotatable bonds is 4. The van der Waals surface area contributed by atoms with Crippen molar-refractivity contribution in [3.63, 3.8) is 0 Å². The smallest absolute Gasteiger partial charge is 0.257 e. The second-order valence-electron chi connectivity index (χ2n) is 5.57. The van der Waals surface area contributed by atoms with Gasteiger partial charge in [0, 0.05) is 42.1 Å². The fourth-order valence-electron chi connectivity index (χ4n) is 2.53. The molecule has 0 radical (unpaired) electrons. The number of carbonyl (C=O) groups is 1. The van der Waals surface area contributed by atoms with E-state index in [0.29, 0.717) is 22.9 Å². The topological polar surface area (TPSA) is 81.4 Å². The number of pyridine rings is 1. The van der Waals surface area contributed by atoms with Crippen molar-refractivity contribution in [2.75, 3.05) is 12.4 Å². The predicted molar refractivity (Wildman–Crippen MR) is 97.2 cm³/mol. The molecule has 0 saturated heterocycles. The highest BCUT2D eigenvalue weighted by Gasteiger charge is 2.08. The minimum Gasteiger partial charge on any atom is -0.481 e. The number of benzene rings is 1. The lowest BCUT2D eigenvalue weighted by Crippen LogP contribution is -2.12. The lowest BCUT2D eigenvalue weighted by Gasteiger charge is -2.06. The Bertz CT molecular complexity index is 1020. The number of hydrogen-bond donors (Lipinski definition) is 1. The molecular formula is C19H15N5O2. The van der Waals surface area contributed by atoms with Crippen molar-refractivity contribution in [2.45, 2.75) is 0 Å². The Balaban J connectivity index is 1.50. The van der Waals surface area contributed by atoms with E-state index in [0.717, 1.165) is 11.3 Å². The number of nitrogens with zero attached hydrogens (tertiary/aromatic N) is 4. The van der Waals surface area contributed by atoms with E-state index in [2.05, 4.69) is 20.3 Å². The Morgan fingerprint density at radius 2 is 1.96 bits per heavy atom. The summed E-state index contributed by atoms with van der Waals surface area (Å²) in [6, 6.07) is 12.6. The molecule has 26 heavy (non-hydrogen) atoms. The summed E-state index contributed by atoms with van der Waals surface area (Å²) >= 11 is 0. The molecule has 0 aliphatic rings. The zero-order chi connectivity index (χ0) is 17.9. The fraction of sp³-hybridized carbons (Fsp3) is 0.0526. The SMILES string of the molecule is COc1ccc(C(=O)Nc2ccc(-c3cn4cccnc4n3)cc2)cn1. The summed E-state index contributed by atoms with van der Waals surface area (Å²) in [6.07, 6.45) is 7.00. The highest BCUT2D eigenvalue weighted by atomic mass is 16.5. The fourth-order valence-corrected chi connectivity index (χ4v) is 2.53. The average Bonchev–Trinajstić information content (AvgIpc) is 3.13. The lowest BCUT2D eigenvalue weighted by molar-refractivity contribution is 0.102. The lowest BCUT2D eigenvalue weighted by atomic mass is 10.1. The van der Waals surface area contributed by atoms with Gasteiger partial charge in [0.25, 0.3) is 5.91 Å². The van der Waals surface area contributed by atoms with Crippen molar-refractivity contribution < 1.29 is 9.53 Å². The van der Waals surface area contributed by atoms with E-state index in [4.69, 9.17) is 4.74 Å². The summed E-state index contributed by atoms with van der Waals surface area (Å²) in [6.45, 7) is 0. The van der Waals surface area contributed by atoms with Gasteiger partial charge in [-0.1, -0.05) is 12.1 Å². The minimum absolute atomic E-state index is 0.232. The first-order chi connectivity index (χ1) is 12.7. The van der Waals surface area contributed by atoms with Gasteiger partial charge < -0.3 is 10.1 Å². The Morgan fingerprint density at radius 3 is 2.65 bits per heavy atom. The maximum absolute atomic E-state index is 12.3. The number of amides is 1. The van der Waals surface area contributed by atoms with Crippen LogP contribution in [0.25, 0.3) is 17.0 Å². The van der Waals surface area contributed by atoms with Gasteiger partial charge in [0.2, 0.25) is 11.7 Å². The Labute approximate surface area is 149 Å². The quantitative estimate of drug-likeness (QED) is 0.615. The molecule has 0 saturated carbocycles. The van der Waals surface area contributed by atoms with E-state index < -0.39 is 0 Å². The van der Waals surface area contributed by atoms with Crippen LogP contribution in [0.1, 0.15) is 10.4 Å². The van der Waals surface area contributed by atoms with Gasteiger partial charge in [-0.3, -0.25) is 9.20 Å². The number of imidazole rings is 1. The number of nitrogens with one attached hydrogen (secondary N) is 1. The Kier molecular flexibility index (Phi) is 4.03. The summed E-state index contributed by atoms with van der Waals surface area (Å²) < 4.78 is 6.85. The number of carbonyl (C=O) groups excluding carboxylic acids is 1. The molecule has 0 aliphatic heterocycles. The summed E-state index contributed by atoms with van der Waals surface area (Å²) in [5, 5.41) is 2.84. The number of methoxy groups -OCH3 is 1. The van der Waals surface area contributed by atoms with E-state index in [1.54, 1.807) is 18.3 Å². The molecule has 7 heteroatoms. The molecule has 0 atom stereocenters. The molecule has 4 aromatic rings. The van der Waals surface area contributed by atoms with Gasteiger partial charge in [0.1, 0.15) is 0 Å². The van der Waals surface area contributed by atoms with Gasteiger partial charge >= 0.3 is 0 Å². The van der Waals surface area contributed by atoms with Crippen LogP contribution in [0, 0.1) is 0 Å². The van der Waals surface area contributed by atoms with Crippen LogP contribution in [0.15, 0.2) is 67.3 Å². The second kappa shape index (κ2) is 6.64. The van der Waals surface area contributed by atoms with Crippen molar-refractivity contribution in [1.29, 1.82) is 0 Å². The van der Waals surface area contributed by atoms with Gasteiger partial charge in [0.05, 0.1) is 18.4 Å². The molecule has 128 valence electrons. The molecule has 1 N–H and O–H groups in total. The average molecular weight is 345 g/mol. The highest BCUT2D eigenvalue weighted by Crippen LogP contribution is 2.21. The summed E-state index contributed by atoms with van der Waals surface area (Å²) in [4.78, 5) is 25.0. The van der Waals surface area contributed by atoms with Crippen LogP contribution in [0.5, 0.6) is 5.88 Å². The standard InChI is InChI=1S/C19H15N5O2/c1-26-17-8-5-14(11-21-17)18(25)22-15-6-3-13(4-7-15)16-12-24-10-2-9-20-19(24)23-16/h2-12H,1H3,(H,22,25). The van der Waals surface area contributed by atoms with Crippen LogP contribution in [-0.4, -0.2) is 32.4 Å². The van der Waals surface area contributed by atoms with Crippen LogP contribution in [-0.2, 0) is 0 Å². The molecule has 4 rings (SSSR count). The van der Waals surface area contributed by atoms with Crippen molar-refractivity contribution in [1.82, 2.24) is 19.4 Å². The first kappa shape index (κ1) is 15.8. The molecule has 0 aliphatic carbocycles. The van der Waals surface area contributed by atoms with E-state index in [1.807, 2.05) is 47.1 Å². The largest absolute Gasteiger partial charge is 0.481 e. The van der Waals surface area contributed by atoms with Crippen LogP contribution in [0.2, 0.25) is 0 Å². The van der Waals surface area contributed by atoms with Crippen LogP contribution in [0.4, 0.5) is 5.69 Å².